The van der Waals surface area contributed by atoms with E-state index in [0.29, 0.717) is 6.54 Å². The number of piperazine rings is 2. The molecule has 126 valence electrons. The fourth-order valence-corrected chi connectivity index (χ4v) is 2.93. The zero-order chi connectivity index (χ0) is 16.3. The van der Waals surface area contributed by atoms with Crippen molar-refractivity contribution in [2.45, 2.75) is 20.8 Å². The maximum atomic E-state index is 12.3. The number of hydrogen-bond acceptors (Lipinski definition) is 4. The van der Waals surface area contributed by atoms with Crippen molar-refractivity contribution < 1.29 is 9.59 Å². The van der Waals surface area contributed by atoms with Crippen LogP contribution in [0.5, 0.6) is 0 Å². The summed E-state index contributed by atoms with van der Waals surface area (Å²) >= 11 is 0. The van der Waals surface area contributed by atoms with E-state index in [1.165, 1.54) is 0 Å². The van der Waals surface area contributed by atoms with Crippen molar-refractivity contribution in [1.82, 2.24) is 19.6 Å². The smallest absolute Gasteiger partial charge is 0.236 e. The quantitative estimate of drug-likeness (QED) is 0.717. The van der Waals surface area contributed by atoms with E-state index in [1.54, 1.807) is 0 Å². The highest BCUT2D eigenvalue weighted by Crippen LogP contribution is 2.18. The molecule has 2 saturated heterocycles. The molecule has 2 heterocycles. The molecule has 2 fully saturated rings. The van der Waals surface area contributed by atoms with Crippen LogP contribution in [0.4, 0.5) is 0 Å². The average Bonchev–Trinajstić information content (AvgIpc) is 2.47. The second kappa shape index (κ2) is 6.96. The number of carbonyl (C=O) groups excluding carboxylic acids is 2. The molecule has 2 amide bonds. The first kappa shape index (κ1) is 17.2. The lowest BCUT2D eigenvalue weighted by Gasteiger charge is -2.38. The van der Waals surface area contributed by atoms with E-state index in [9.17, 15) is 9.59 Å². The topological polar surface area (TPSA) is 47.1 Å². The van der Waals surface area contributed by atoms with Gasteiger partial charge in [-0.15, -0.1) is 0 Å². The van der Waals surface area contributed by atoms with Gasteiger partial charge >= 0.3 is 0 Å². The minimum atomic E-state index is -0.322. The lowest BCUT2D eigenvalue weighted by Crippen LogP contribution is -2.55. The molecule has 2 aliphatic heterocycles. The third-order valence-electron chi connectivity index (χ3n) is 4.52. The van der Waals surface area contributed by atoms with Gasteiger partial charge in [0.25, 0.3) is 0 Å². The molecule has 2 rings (SSSR count). The van der Waals surface area contributed by atoms with Crippen LogP contribution in [0, 0.1) is 5.41 Å². The van der Waals surface area contributed by atoms with E-state index >= 15 is 0 Å². The normalized spacial score (nSPS) is 22.0. The van der Waals surface area contributed by atoms with Gasteiger partial charge in [-0.05, 0) is 7.05 Å². The van der Waals surface area contributed by atoms with Gasteiger partial charge in [0.2, 0.25) is 11.8 Å². The van der Waals surface area contributed by atoms with Gasteiger partial charge < -0.3 is 14.7 Å². The molecule has 0 bridgehead atoms. The first-order valence-corrected chi connectivity index (χ1v) is 8.25. The minimum Gasteiger partial charge on any atom is -0.340 e. The van der Waals surface area contributed by atoms with Gasteiger partial charge in [-0.1, -0.05) is 20.8 Å². The van der Waals surface area contributed by atoms with Gasteiger partial charge in [-0.25, -0.2) is 0 Å². The summed E-state index contributed by atoms with van der Waals surface area (Å²) in [6.07, 6.45) is 0. The van der Waals surface area contributed by atoms with Crippen molar-refractivity contribution in [3.63, 3.8) is 0 Å². The predicted molar refractivity (Wildman–Crippen MR) is 86.6 cm³/mol. The van der Waals surface area contributed by atoms with Gasteiger partial charge in [-0.3, -0.25) is 14.5 Å². The molecule has 0 aromatic carbocycles. The molecule has 0 N–H and O–H groups in total. The lowest BCUT2D eigenvalue weighted by atomic mass is 9.94. The molecule has 0 atom stereocenters. The maximum absolute atomic E-state index is 12.3. The minimum absolute atomic E-state index is 0.206. The van der Waals surface area contributed by atoms with Crippen LogP contribution in [-0.2, 0) is 9.59 Å². The van der Waals surface area contributed by atoms with Crippen molar-refractivity contribution in [3.8, 4) is 0 Å². The lowest BCUT2D eigenvalue weighted by molar-refractivity contribution is -0.142. The van der Waals surface area contributed by atoms with Gasteiger partial charge in [0, 0.05) is 57.8 Å². The van der Waals surface area contributed by atoms with Crippen molar-refractivity contribution in [2.75, 3.05) is 66.0 Å². The van der Waals surface area contributed by atoms with Gasteiger partial charge in [0.15, 0.2) is 0 Å². The molecular formula is C16H30N4O2. The molecule has 0 aromatic rings. The van der Waals surface area contributed by atoms with Crippen molar-refractivity contribution >= 4 is 11.8 Å². The number of amides is 2. The standard InChI is InChI=1S/C16H30N4O2/c1-16(2,3)15(22)20-11-7-18(8-12-20)13-14(21)19-9-5-17(4)6-10-19/h5-13H2,1-4H3. The van der Waals surface area contributed by atoms with Crippen LogP contribution in [-0.4, -0.2) is 97.4 Å². The molecule has 0 aliphatic carbocycles. The summed E-state index contributed by atoms with van der Waals surface area (Å²) in [7, 11) is 2.09. The molecule has 0 aromatic heterocycles. The molecule has 0 radical (unpaired) electrons. The monoisotopic (exact) mass is 310 g/mol. The first-order valence-electron chi connectivity index (χ1n) is 8.25. The molecule has 2 aliphatic rings. The zero-order valence-electron chi connectivity index (χ0n) is 14.5. The van der Waals surface area contributed by atoms with Crippen LogP contribution in [0.3, 0.4) is 0 Å². The summed E-state index contributed by atoms with van der Waals surface area (Å²) in [4.78, 5) is 32.9. The Labute approximate surface area is 134 Å². The molecule has 6 heteroatoms. The maximum Gasteiger partial charge on any atom is 0.236 e. The second-order valence-electron chi connectivity index (χ2n) is 7.50. The van der Waals surface area contributed by atoms with E-state index in [2.05, 4.69) is 16.8 Å². The third kappa shape index (κ3) is 4.43. The predicted octanol–water partition coefficient (Wildman–Crippen LogP) is -0.0493. The average molecular weight is 310 g/mol. The van der Waals surface area contributed by atoms with Crippen molar-refractivity contribution in [1.29, 1.82) is 0 Å². The zero-order valence-corrected chi connectivity index (χ0v) is 14.5. The second-order valence-corrected chi connectivity index (χ2v) is 7.50. The van der Waals surface area contributed by atoms with E-state index in [4.69, 9.17) is 0 Å². The van der Waals surface area contributed by atoms with Crippen LogP contribution in [0.2, 0.25) is 0 Å². The highest BCUT2D eigenvalue weighted by molar-refractivity contribution is 5.81. The number of nitrogens with zero attached hydrogens (tertiary/aromatic N) is 4. The highest BCUT2D eigenvalue weighted by atomic mass is 16.2. The summed E-state index contributed by atoms with van der Waals surface area (Å²) in [6.45, 7) is 13.0. The molecule has 6 nitrogen and oxygen atoms in total. The Morgan fingerprint density at radius 3 is 1.82 bits per heavy atom. The summed E-state index contributed by atoms with van der Waals surface area (Å²) in [5.74, 6) is 0.432. The van der Waals surface area contributed by atoms with Crippen LogP contribution >= 0.6 is 0 Å². The summed E-state index contributed by atoms with van der Waals surface area (Å²) < 4.78 is 0. The molecule has 0 spiro atoms. The Morgan fingerprint density at radius 2 is 1.32 bits per heavy atom. The Balaban J connectivity index is 1.75. The van der Waals surface area contributed by atoms with Crippen molar-refractivity contribution in [3.05, 3.63) is 0 Å². The van der Waals surface area contributed by atoms with Crippen LogP contribution in [0.1, 0.15) is 20.8 Å². The van der Waals surface area contributed by atoms with E-state index < -0.39 is 0 Å². The van der Waals surface area contributed by atoms with Crippen LogP contribution < -0.4 is 0 Å². The number of likely N-dealkylation sites (N-methyl/N-ethyl adjacent to an activating group) is 1. The number of carbonyl (C=O) groups is 2. The van der Waals surface area contributed by atoms with Crippen molar-refractivity contribution in [2.24, 2.45) is 5.41 Å². The Morgan fingerprint density at radius 1 is 0.818 bits per heavy atom. The van der Waals surface area contributed by atoms with E-state index in [-0.39, 0.29) is 17.2 Å². The Hall–Kier alpha value is -1.14. The SMILES string of the molecule is CN1CCN(C(=O)CN2CCN(C(=O)C(C)(C)C)CC2)CC1. The summed E-state index contributed by atoms with van der Waals surface area (Å²) in [6, 6.07) is 0. The fraction of sp³-hybridized carbons (Fsp3) is 0.875. The number of hydrogen-bond donors (Lipinski definition) is 0. The number of rotatable bonds is 2. The highest BCUT2D eigenvalue weighted by Gasteiger charge is 2.30. The van der Waals surface area contributed by atoms with Crippen LogP contribution in [0.15, 0.2) is 0 Å². The van der Waals surface area contributed by atoms with Gasteiger partial charge in [0.1, 0.15) is 0 Å². The van der Waals surface area contributed by atoms with Gasteiger partial charge in [-0.2, -0.15) is 0 Å². The van der Waals surface area contributed by atoms with Gasteiger partial charge in [0.05, 0.1) is 6.54 Å². The van der Waals surface area contributed by atoms with Crippen LogP contribution in [0.25, 0.3) is 0 Å². The van der Waals surface area contributed by atoms with E-state index in [1.807, 2.05) is 30.6 Å². The Kier molecular flexibility index (Phi) is 5.45. The largest absolute Gasteiger partial charge is 0.340 e. The molecule has 0 unspecified atom stereocenters. The summed E-state index contributed by atoms with van der Waals surface area (Å²) in [5.41, 5.74) is -0.322. The molecule has 0 saturated carbocycles. The third-order valence-corrected chi connectivity index (χ3v) is 4.52. The first-order chi connectivity index (χ1) is 10.3. The molecular weight excluding hydrogens is 280 g/mol. The van der Waals surface area contributed by atoms with E-state index in [0.717, 1.165) is 52.4 Å². The molecule has 22 heavy (non-hydrogen) atoms. The fourth-order valence-electron chi connectivity index (χ4n) is 2.93. The summed E-state index contributed by atoms with van der Waals surface area (Å²) in [5, 5.41) is 0. The Bertz CT molecular complexity index is 403.